The van der Waals surface area contributed by atoms with Crippen LogP contribution in [0.3, 0.4) is 0 Å². The number of anilines is 1. The molecule has 0 aliphatic carbocycles. The molecule has 8 nitrogen and oxygen atoms in total. The molecule has 0 spiro atoms. The number of nitrogens with zero attached hydrogens (tertiary/aromatic N) is 5. The predicted octanol–water partition coefficient (Wildman–Crippen LogP) is 3.16. The third-order valence-electron chi connectivity index (χ3n) is 5.38. The number of rotatable bonds is 3. The predicted molar refractivity (Wildman–Crippen MR) is 115 cm³/mol. The molecule has 33 heavy (non-hydrogen) atoms. The maximum atomic E-state index is 13.7. The van der Waals surface area contributed by atoms with Crippen molar-refractivity contribution in [3.63, 3.8) is 0 Å². The second-order valence-electron chi connectivity index (χ2n) is 7.54. The summed E-state index contributed by atoms with van der Waals surface area (Å²) in [5.74, 6) is -5.21. The minimum atomic E-state index is -1.61. The Hall–Kier alpha value is -4.15. The average molecular weight is 456 g/mol. The van der Waals surface area contributed by atoms with Gasteiger partial charge in [-0.25, -0.2) is 23.2 Å². The van der Waals surface area contributed by atoms with Crippen molar-refractivity contribution in [3.05, 3.63) is 65.1 Å². The Bertz CT molecular complexity index is 1410. The van der Waals surface area contributed by atoms with E-state index in [1.54, 1.807) is 30.1 Å². The zero-order valence-electron chi connectivity index (χ0n) is 17.9. The number of fused-ring (bicyclic) bond motifs is 3. The maximum Gasteiger partial charge on any atom is 0.272 e. The van der Waals surface area contributed by atoms with Gasteiger partial charge in [0.1, 0.15) is 5.82 Å². The van der Waals surface area contributed by atoms with Gasteiger partial charge in [0.2, 0.25) is 5.91 Å². The summed E-state index contributed by atoms with van der Waals surface area (Å²) in [6.07, 6.45) is 1.57. The molecule has 0 aliphatic rings. The van der Waals surface area contributed by atoms with Crippen LogP contribution in [0.5, 0.6) is 0 Å². The second kappa shape index (κ2) is 8.08. The van der Waals surface area contributed by atoms with Crippen molar-refractivity contribution in [3.8, 4) is 0 Å². The number of hydrogen-bond donors (Lipinski definition) is 1. The molecule has 2 N–H and O–H groups in total. The van der Waals surface area contributed by atoms with E-state index >= 15 is 0 Å². The molecule has 0 unspecified atom stereocenters. The van der Waals surface area contributed by atoms with Crippen molar-refractivity contribution in [1.29, 1.82) is 0 Å². The van der Waals surface area contributed by atoms with Gasteiger partial charge >= 0.3 is 0 Å². The molecule has 0 atom stereocenters. The van der Waals surface area contributed by atoms with Gasteiger partial charge in [0.25, 0.3) is 5.91 Å². The molecular weight excluding hydrogens is 437 g/mol. The summed E-state index contributed by atoms with van der Waals surface area (Å²) in [7, 11) is 3.07. The van der Waals surface area contributed by atoms with Crippen molar-refractivity contribution < 1.29 is 22.8 Å². The summed E-state index contributed by atoms with van der Waals surface area (Å²) in [5, 5.41) is 7.45. The topological polar surface area (TPSA) is 97.3 Å². The van der Waals surface area contributed by atoms with Gasteiger partial charge in [-0.15, -0.1) is 0 Å². The Morgan fingerprint density at radius 3 is 2.39 bits per heavy atom. The number of halogens is 3. The average Bonchev–Trinajstić information content (AvgIpc) is 3.17. The van der Waals surface area contributed by atoms with Crippen LogP contribution in [0.25, 0.3) is 21.8 Å². The van der Waals surface area contributed by atoms with Gasteiger partial charge in [-0.2, -0.15) is 5.10 Å². The quantitative estimate of drug-likeness (QED) is 0.377. The van der Waals surface area contributed by atoms with Crippen molar-refractivity contribution in [2.45, 2.75) is 13.5 Å². The Morgan fingerprint density at radius 2 is 1.76 bits per heavy atom. The van der Waals surface area contributed by atoms with E-state index in [0.29, 0.717) is 27.6 Å². The van der Waals surface area contributed by atoms with E-state index in [1.165, 1.54) is 20.0 Å². The van der Waals surface area contributed by atoms with Gasteiger partial charge in [-0.05, 0) is 35.9 Å². The minimum Gasteiger partial charge on any atom is -0.383 e. The summed E-state index contributed by atoms with van der Waals surface area (Å²) < 4.78 is 42.4. The molecule has 2 aromatic heterocycles. The zero-order valence-corrected chi connectivity index (χ0v) is 17.9. The number of nitrogens with two attached hydrogens (primary N) is 1. The zero-order chi connectivity index (χ0) is 24.0. The van der Waals surface area contributed by atoms with Crippen LogP contribution in [0, 0.1) is 17.5 Å². The number of carbonyl (C=O) groups excluding carboxylic acids is 2. The third kappa shape index (κ3) is 3.81. The number of benzene rings is 2. The van der Waals surface area contributed by atoms with Gasteiger partial charge in [-0.1, -0.05) is 0 Å². The molecule has 2 aromatic carbocycles. The Labute approximate surface area is 186 Å². The van der Waals surface area contributed by atoms with Crippen LogP contribution in [-0.2, 0) is 18.4 Å². The SMILES string of the molecule is CC(=O)N(C)N(Cc1cc(F)c(F)c(F)c1)C(=O)c1ccc2nc(N)c3cnn(C)c3c2c1. The first-order chi connectivity index (χ1) is 15.6. The van der Waals surface area contributed by atoms with Crippen LogP contribution in [0.4, 0.5) is 19.0 Å². The summed E-state index contributed by atoms with van der Waals surface area (Å²) in [4.78, 5) is 29.8. The van der Waals surface area contributed by atoms with E-state index in [1.807, 2.05) is 0 Å². The number of amides is 2. The smallest absolute Gasteiger partial charge is 0.272 e. The monoisotopic (exact) mass is 456 g/mol. The molecule has 4 rings (SSSR count). The number of carbonyl (C=O) groups is 2. The van der Waals surface area contributed by atoms with Crippen LogP contribution < -0.4 is 5.73 Å². The summed E-state index contributed by atoms with van der Waals surface area (Å²) in [6.45, 7) is 0.862. The van der Waals surface area contributed by atoms with Crippen LogP contribution in [0.15, 0.2) is 36.5 Å². The second-order valence-corrected chi connectivity index (χ2v) is 7.54. The molecule has 2 heterocycles. The third-order valence-corrected chi connectivity index (χ3v) is 5.38. The van der Waals surface area contributed by atoms with E-state index < -0.39 is 29.3 Å². The van der Waals surface area contributed by atoms with Gasteiger partial charge in [0.05, 0.1) is 29.2 Å². The first-order valence-corrected chi connectivity index (χ1v) is 9.79. The van der Waals surface area contributed by atoms with Crippen molar-refractivity contribution in [2.75, 3.05) is 12.8 Å². The highest BCUT2D eigenvalue weighted by Crippen LogP contribution is 2.28. The van der Waals surface area contributed by atoms with Crippen LogP contribution in [0.2, 0.25) is 0 Å². The van der Waals surface area contributed by atoms with Crippen molar-refractivity contribution in [2.24, 2.45) is 7.05 Å². The lowest BCUT2D eigenvalue weighted by molar-refractivity contribution is -0.140. The van der Waals surface area contributed by atoms with Gasteiger partial charge < -0.3 is 5.73 Å². The van der Waals surface area contributed by atoms with Gasteiger partial charge in [0.15, 0.2) is 17.5 Å². The first-order valence-electron chi connectivity index (χ1n) is 9.79. The molecule has 0 radical (unpaired) electrons. The number of aromatic nitrogens is 3. The number of nitrogen functional groups attached to an aromatic ring is 1. The van der Waals surface area contributed by atoms with Crippen LogP contribution >= 0.6 is 0 Å². The maximum absolute atomic E-state index is 13.7. The lowest BCUT2D eigenvalue weighted by Crippen LogP contribution is -2.46. The highest BCUT2D eigenvalue weighted by Gasteiger charge is 2.25. The Kier molecular flexibility index (Phi) is 5.40. The fourth-order valence-corrected chi connectivity index (χ4v) is 3.60. The highest BCUT2D eigenvalue weighted by molar-refractivity contribution is 6.10. The van der Waals surface area contributed by atoms with Gasteiger partial charge in [-0.3, -0.25) is 19.3 Å². The lowest BCUT2D eigenvalue weighted by Gasteiger charge is -2.31. The van der Waals surface area contributed by atoms with E-state index in [2.05, 4.69) is 10.1 Å². The number of hydrazine groups is 1. The molecule has 170 valence electrons. The van der Waals surface area contributed by atoms with E-state index in [4.69, 9.17) is 5.73 Å². The number of aryl methyl sites for hydroxylation is 1. The molecular formula is C22H19F3N6O2. The molecule has 2 amide bonds. The normalized spacial score (nSPS) is 11.2. The fourth-order valence-electron chi connectivity index (χ4n) is 3.60. The Balaban J connectivity index is 1.80. The number of hydrogen-bond acceptors (Lipinski definition) is 5. The standard InChI is InChI=1S/C22H19F3N6O2/c1-11(32)30(3)31(10-12-6-16(23)19(25)17(24)7-12)22(33)13-4-5-18-14(8-13)20-15(21(26)28-18)9-27-29(20)2/h4-9H,10H2,1-3H3,(H2,26,28). The van der Waals surface area contributed by atoms with Crippen molar-refractivity contribution >= 4 is 39.4 Å². The first kappa shape index (κ1) is 22.1. The van der Waals surface area contributed by atoms with E-state index in [-0.39, 0.29) is 17.7 Å². The molecule has 4 aromatic rings. The fraction of sp³-hybridized carbons (Fsp3) is 0.182. The molecule has 0 aliphatic heterocycles. The van der Waals surface area contributed by atoms with E-state index in [0.717, 1.165) is 22.2 Å². The molecule has 0 fully saturated rings. The number of pyridine rings is 1. The van der Waals surface area contributed by atoms with Crippen LogP contribution in [-0.4, -0.2) is 43.6 Å². The molecule has 11 heteroatoms. The minimum absolute atomic E-state index is 0.0305. The van der Waals surface area contributed by atoms with Crippen LogP contribution in [0.1, 0.15) is 22.8 Å². The summed E-state index contributed by atoms with van der Waals surface area (Å²) in [5.41, 5.74) is 7.37. The highest BCUT2D eigenvalue weighted by atomic mass is 19.2. The largest absolute Gasteiger partial charge is 0.383 e. The van der Waals surface area contributed by atoms with Crippen molar-refractivity contribution in [1.82, 2.24) is 24.8 Å². The lowest BCUT2D eigenvalue weighted by atomic mass is 10.1. The van der Waals surface area contributed by atoms with Gasteiger partial charge in [0, 0.05) is 32.0 Å². The summed E-state index contributed by atoms with van der Waals surface area (Å²) >= 11 is 0. The molecule has 0 saturated heterocycles. The van der Waals surface area contributed by atoms with E-state index in [9.17, 15) is 22.8 Å². The Morgan fingerprint density at radius 1 is 1.09 bits per heavy atom. The summed E-state index contributed by atoms with van der Waals surface area (Å²) in [6, 6.07) is 6.25. The molecule has 0 bridgehead atoms. The molecule has 0 saturated carbocycles.